The fourth-order valence-corrected chi connectivity index (χ4v) is 4.13. The van der Waals surface area contributed by atoms with E-state index in [2.05, 4.69) is 12.1 Å². The molecule has 3 aromatic carbocycles. The molecule has 3 aromatic rings. The van der Waals surface area contributed by atoms with Gasteiger partial charge in [-0.05, 0) is 23.6 Å². The summed E-state index contributed by atoms with van der Waals surface area (Å²) < 4.78 is 5.06. The molecule has 0 aromatic heterocycles. The molecule has 2 amide bonds. The minimum absolute atomic E-state index is 0.0286. The van der Waals surface area contributed by atoms with Gasteiger partial charge in [0.05, 0.1) is 11.7 Å². The average molecular weight is 415 g/mol. The van der Waals surface area contributed by atoms with E-state index < -0.39 is 0 Å². The second kappa shape index (κ2) is 9.58. The van der Waals surface area contributed by atoms with Gasteiger partial charge in [-0.2, -0.15) is 0 Å². The third kappa shape index (κ3) is 4.67. The fraction of sp³-hybridized carbons (Fsp3) is 0.231. The SMILES string of the molecule is COCC(=O)N1CC(=O)N(c2ccccc2-c2ccccc2)C[C@@H]1Cc1ccccc1. The lowest BCUT2D eigenvalue weighted by Crippen LogP contribution is -2.59. The van der Waals surface area contributed by atoms with E-state index in [1.165, 1.54) is 7.11 Å². The number of carbonyl (C=O) groups is 2. The summed E-state index contributed by atoms with van der Waals surface area (Å²) >= 11 is 0. The van der Waals surface area contributed by atoms with Crippen LogP contribution < -0.4 is 4.90 Å². The molecule has 1 heterocycles. The molecule has 5 nitrogen and oxygen atoms in total. The molecule has 0 bridgehead atoms. The Morgan fingerprint density at radius 2 is 1.58 bits per heavy atom. The maximum Gasteiger partial charge on any atom is 0.249 e. The number of ether oxygens (including phenoxy) is 1. The highest BCUT2D eigenvalue weighted by molar-refractivity contribution is 6.01. The molecule has 0 radical (unpaired) electrons. The first kappa shape index (κ1) is 20.8. The Kier molecular flexibility index (Phi) is 6.43. The van der Waals surface area contributed by atoms with E-state index in [1.807, 2.05) is 77.7 Å². The largest absolute Gasteiger partial charge is 0.375 e. The summed E-state index contributed by atoms with van der Waals surface area (Å²) in [5.41, 5.74) is 4.07. The van der Waals surface area contributed by atoms with Gasteiger partial charge in [-0.25, -0.2) is 0 Å². The Hall–Kier alpha value is -3.44. The summed E-state index contributed by atoms with van der Waals surface area (Å²) in [5.74, 6) is -0.245. The molecule has 0 saturated carbocycles. The fourth-order valence-electron chi connectivity index (χ4n) is 4.13. The third-order valence-electron chi connectivity index (χ3n) is 5.62. The van der Waals surface area contributed by atoms with Crippen molar-refractivity contribution in [1.29, 1.82) is 0 Å². The van der Waals surface area contributed by atoms with Crippen molar-refractivity contribution in [2.24, 2.45) is 0 Å². The number of methoxy groups -OCH3 is 1. The molecule has 0 aliphatic carbocycles. The van der Waals surface area contributed by atoms with Crippen molar-refractivity contribution < 1.29 is 14.3 Å². The number of hydrogen-bond acceptors (Lipinski definition) is 3. The van der Waals surface area contributed by atoms with Crippen molar-refractivity contribution in [3.05, 3.63) is 90.5 Å². The number of benzene rings is 3. The third-order valence-corrected chi connectivity index (χ3v) is 5.62. The van der Waals surface area contributed by atoms with Crippen molar-refractivity contribution in [3.8, 4) is 11.1 Å². The summed E-state index contributed by atoms with van der Waals surface area (Å²) in [6, 6.07) is 27.9. The van der Waals surface area contributed by atoms with Gasteiger partial charge < -0.3 is 14.5 Å². The van der Waals surface area contributed by atoms with E-state index in [-0.39, 0.29) is 31.0 Å². The lowest BCUT2D eigenvalue weighted by Gasteiger charge is -2.41. The number of para-hydroxylation sites is 1. The highest BCUT2D eigenvalue weighted by atomic mass is 16.5. The van der Waals surface area contributed by atoms with Crippen LogP contribution in [0.2, 0.25) is 0 Å². The lowest BCUT2D eigenvalue weighted by atomic mass is 9.98. The Balaban J connectivity index is 1.67. The molecule has 0 unspecified atom stereocenters. The molecule has 1 fully saturated rings. The topological polar surface area (TPSA) is 49.9 Å². The second-order valence-corrected chi connectivity index (χ2v) is 7.69. The highest BCUT2D eigenvalue weighted by Crippen LogP contribution is 2.32. The van der Waals surface area contributed by atoms with E-state index in [0.717, 1.165) is 22.4 Å². The van der Waals surface area contributed by atoms with Crippen LogP contribution in [0.4, 0.5) is 5.69 Å². The zero-order valence-electron chi connectivity index (χ0n) is 17.6. The Bertz CT molecular complexity index is 1040. The number of rotatable bonds is 6. The van der Waals surface area contributed by atoms with E-state index in [4.69, 9.17) is 4.74 Å². The summed E-state index contributed by atoms with van der Waals surface area (Å²) in [6.07, 6.45) is 0.674. The average Bonchev–Trinajstić information content (AvgIpc) is 2.81. The maximum atomic E-state index is 13.2. The predicted octanol–water partition coefficient (Wildman–Crippen LogP) is 3.79. The maximum absolute atomic E-state index is 13.2. The molecule has 1 atom stereocenters. The van der Waals surface area contributed by atoms with Crippen LogP contribution in [-0.2, 0) is 20.7 Å². The molecule has 0 N–H and O–H groups in total. The van der Waals surface area contributed by atoms with Crippen LogP contribution >= 0.6 is 0 Å². The number of carbonyl (C=O) groups excluding carboxylic acids is 2. The van der Waals surface area contributed by atoms with Gasteiger partial charge in [-0.15, -0.1) is 0 Å². The van der Waals surface area contributed by atoms with Crippen molar-refractivity contribution in [3.63, 3.8) is 0 Å². The summed E-state index contributed by atoms with van der Waals surface area (Å²) in [5, 5.41) is 0. The molecular formula is C26H26N2O3. The molecule has 31 heavy (non-hydrogen) atoms. The van der Waals surface area contributed by atoms with Gasteiger partial charge in [0, 0.05) is 19.2 Å². The first-order chi connectivity index (χ1) is 15.2. The second-order valence-electron chi connectivity index (χ2n) is 7.69. The summed E-state index contributed by atoms with van der Waals surface area (Å²) in [7, 11) is 1.50. The predicted molar refractivity (Wildman–Crippen MR) is 122 cm³/mol. The van der Waals surface area contributed by atoms with Crippen molar-refractivity contribution in [1.82, 2.24) is 4.90 Å². The molecule has 5 heteroatoms. The Morgan fingerprint density at radius 1 is 0.935 bits per heavy atom. The van der Waals surface area contributed by atoms with Crippen LogP contribution in [0.5, 0.6) is 0 Å². The van der Waals surface area contributed by atoms with Crippen LogP contribution in [0.15, 0.2) is 84.9 Å². The van der Waals surface area contributed by atoms with Crippen molar-refractivity contribution >= 4 is 17.5 Å². The molecule has 1 saturated heterocycles. The summed E-state index contributed by atoms with van der Waals surface area (Å²) in [6.45, 7) is 0.453. The first-order valence-corrected chi connectivity index (χ1v) is 10.4. The minimum Gasteiger partial charge on any atom is -0.375 e. The number of amides is 2. The van der Waals surface area contributed by atoms with E-state index >= 15 is 0 Å². The zero-order valence-corrected chi connectivity index (χ0v) is 17.6. The number of anilines is 1. The first-order valence-electron chi connectivity index (χ1n) is 10.4. The smallest absolute Gasteiger partial charge is 0.249 e. The standard InChI is InChI=1S/C26H26N2O3/c1-31-19-26(30)27-18-25(29)28(17-22(27)16-20-10-4-2-5-11-20)24-15-9-8-14-23(24)21-12-6-3-7-13-21/h2-15,22H,16-19H2,1H3/t22-/m0/s1. The van der Waals surface area contributed by atoms with Gasteiger partial charge in [-0.3, -0.25) is 9.59 Å². The Labute approximate surface area is 182 Å². The van der Waals surface area contributed by atoms with E-state index in [9.17, 15) is 9.59 Å². The van der Waals surface area contributed by atoms with Crippen LogP contribution in [0.3, 0.4) is 0 Å². The number of hydrogen-bond donors (Lipinski definition) is 0. The summed E-state index contributed by atoms with van der Waals surface area (Å²) in [4.78, 5) is 29.4. The molecule has 4 rings (SSSR count). The monoisotopic (exact) mass is 414 g/mol. The molecule has 0 spiro atoms. The van der Waals surface area contributed by atoms with Gasteiger partial charge in [-0.1, -0.05) is 78.9 Å². The molecular weight excluding hydrogens is 388 g/mol. The van der Waals surface area contributed by atoms with Gasteiger partial charge in [0.25, 0.3) is 0 Å². The highest BCUT2D eigenvalue weighted by Gasteiger charge is 2.36. The molecule has 1 aliphatic rings. The van der Waals surface area contributed by atoms with Gasteiger partial charge in [0.2, 0.25) is 11.8 Å². The zero-order chi connectivity index (χ0) is 21.6. The van der Waals surface area contributed by atoms with Gasteiger partial charge in [0.15, 0.2) is 0 Å². The van der Waals surface area contributed by atoms with Crippen molar-refractivity contribution in [2.75, 3.05) is 31.7 Å². The molecule has 158 valence electrons. The minimum atomic E-state index is -0.159. The van der Waals surface area contributed by atoms with Crippen LogP contribution in [0.25, 0.3) is 11.1 Å². The van der Waals surface area contributed by atoms with Crippen molar-refractivity contribution in [2.45, 2.75) is 12.5 Å². The lowest BCUT2D eigenvalue weighted by molar-refractivity contribution is -0.142. The van der Waals surface area contributed by atoms with Crippen LogP contribution in [-0.4, -0.2) is 49.6 Å². The number of nitrogens with zero attached hydrogens (tertiary/aromatic N) is 2. The van der Waals surface area contributed by atoms with Gasteiger partial charge in [0.1, 0.15) is 13.2 Å². The van der Waals surface area contributed by atoms with Crippen LogP contribution in [0.1, 0.15) is 5.56 Å². The Morgan fingerprint density at radius 3 is 2.29 bits per heavy atom. The normalized spacial score (nSPS) is 16.4. The van der Waals surface area contributed by atoms with Crippen LogP contribution in [0, 0.1) is 0 Å². The van der Waals surface area contributed by atoms with E-state index in [0.29, 0.717) is 13.0 Å². The molecule has 1 aliphatic heterocycles. The number of piperazine rings is 1. The van der Waals surface area contributed by atoms with E-state index in [1.54, 1.807) is 4.90 Å². The van der Waals surface area contributed by atoms with Gasteiger partial charge >= 0.3 is 0 Å². The quantitative estimate of drug-likeness (QED) is 0.617.